The summed E-state index contributed by atoms with van der Waals surface area (Å²) in [5.74, 6) is 1.80. The Kier molecular flexibility index (Phi) is 9.08. The maximum Gasteiger partial charge on any atom is 0.151 e. The number of aryl methyl sites for hydroxylation is 2. The van der Waals surface area contributed by atoms with Gasteiger partial charge in [-0.1, -0.05) is 6.07 Å². The normalized spacial score (nSPS) is 20.4. The van der Waals surface area contributed by atoms with Crippen LogP contribution in [0.1, 0.15) is 99.3 Å². The zero-order valence-electron chi connectivity index (χ0n) is 23.4. The molecule has 3 aliphatic rings. The maximum atomic E-state index is 12.9. The number of pyridine rings is 2. The number of Topliss-reactive ketones (excluding diaryl/α,β-unsaturated/α-hetero) is 1. The highest BCUT2D eigenvalue weighted by atomic mass is 16.5. The van der Waals surface area contributed by atoms with E-state index in [0.717, 1.165) is 86.7 Å². The second kappa shape index (κ2) is 12.7. The topological polar surface area (TPSA) is 76.6 Å². The number of hydrogen-bond acceptors (Lipinski definition) is 7. The molecule has 4 heterocycles. The number of anilines is 1. The van der Waals surface area contributed by atoms with Crippen LogP contribution in [0, 0.1) is 0 Å². The Morgan fingerprint density at radius 3 is 2.87 bits per heavy atom. The lowest BCUT2D eigenvalue weighted by atomic mass is 9.97. The molecule has 2 aromatic rings. The van der Waals surface area contributed by atoms with Crippen molar-refractivity contribution in [2.45, 2.75) is 103 Å². The van der Waals surface area contributed by atoms with Crippen molar-refractivity contribution in [2.75, 3.05) is 31.6 Å². The van der Waals surface area contributed by atoms with Gasteiger partial charge in [0.05, 0.1) is 24.9 Å². The van der Waals surface area contributed by atoms with E-state index >= 15 is 0 Å². The molecule has 2 aromatic heterocycles. The average molecular weight is 521 g/mol. The number of rotatable bonds is 13. The molecule has 0 aromatic carbocycles. The molecule has 0 amide bonds. The molecule has 2 aliphatic heterocycles. The Labute approximate surface area is 227 Å². The highest BCUT2D eigenvalue weighted by Crippen LogP contribution is 2.40. The lowest BCUT2D eigenvalue weighted by molar-refractivity contribution is -0.122. The predicted octanol–water partition coefficient (Wildman–Crippen LogP) is 5.38. The van der Waals surface area contributed by atoms with Gasteiger partial charge in [-0.25, -0.2) is 4.98 Å². The van der Waals surface area contributed by atoms with E-state index < -0.39 is 0 Å². The van der Waals surface area contributed by atoms with Crippen LogP contribution in [0.3, 0.4) is 0 Å². The number of likely N-dealkylation sites (tertiary alicyclic amines) is 1. The van der Waals surface area contributed by atoms with Crippen molar-refractivity contribution in [2.24, 2.45) is 0 Å². The van der Waals surface area contributed by atoms with E-state index in [0.29, 0.717) is 12.5 Å². The molecule has 0 radical (unpaired) electrons. The number of carbonyl (C=O) groups excluding carboxylic acids is 1. The lowest BCUT2D eigenvalue weighted by Crippen LogP contribution is -2.33. The zero-order chi connectivity index (χ0) is 26.5. The second-order valence-electron chi connectivity index (χ2n) is 11.5. The van der Waals surface area contributed by atoms with E-state index in [1.54, 1.807) is 6.92 Å². The fraction of sp³-hybridized carbons (Fsp3) is 0.645. The van der Waals surface area contributed by atoms with E-state index in [-0.39, 0.29) is 24.0 Å². The van der Waals surface area contributed by atoms with Crippen molar-refractivity contribution in [3.63, 3.8) is 0 Å². The molecule has 0 spiro atoms. The molecule has 0 bridgehead atoms. The van der Waals surface area contributed by atoms with Crippen molar-refractivity contribution in [1.29, 1.82) is 0 Å². The van der Waals surface area contributed by atoms with Crippen molar-refractivity contribution in [3.05, 3.63) is 52.5 Å². The summed E-state index contributed by atoms with van der Waals surface area (Å²) in [7, 11) is 0. The van der Waals surface area contributed by atoms with Crippen molar-refractivity contribution >= 4 is 11.6 Å². The van der Waals surface area contributed by atoms with Gasteiger partial charge in [0.1, 0.15) is 5.82 Å². The van der Waals surface area contributed by atoms with Crippen LogP contribution in [0.4, 0.5) is 5.82 Å². The van der Waals surface area contributed by atoms with Gasteiger partial charge in [0.25, 0.3) is 0 Å². The fourth-order valence-electron chi connectivity index (χ4n) is 5.72. The third kappa shape index (κ3) is 6.99. The number of nitrogens with one attached hydrogen (secondary N) is 1. The minimum Gasteiger partial charge on any atom is -0.377 e. The SMILES string of the molecule is CC(=O)[C@H](c1cnc(C2CC2)cc1COC(C)C)N1CC[C@@H](OCCCCc2ccc3c(n2)NCCC3)C1. The summed E-state index contributed by atoms with van der Waals surface area (Å²) in [6, 6.07) is 6.30. The van der Waals surface area contributed by atoms with Crippen LogP contribution in [0.25, 0.3) is 0 Å². The fourth-order valence-corrected chi connectivity index (χ4v) is 5.72. The van der Waals surface area contributed by atoms with Gasteiger partial charge in [-0.2, -0.15) is 0 Å². The van der Waals surface area contributed by atoms with Crippen LogP contribution in [0.5, 0.6) is 0 Å². The first-order valence-corrected chi connectivity index (χ1v) is 14.7. The summed E-state index contributed by atoms with van der Waals surface area (Å²) < 4.78 is 12.3. The molecule has 5 rings (SSSR count). The summed E-state index contributed by atoms with van der Waals surface area (Å²) in [4.78, 5) is 24.8. The molecule has 38 heavy (non-hydrogen) atoms. The first kappa shape index (κ1) is 27.2. The van der Waals surface area contributed by atoms with Crippen LogP contribution >= 0.6 is 0 Å². The summed E-state index contributed by atoms with van der Waals surface area (Å²) in [6.45, 7) is 9.72. The number of carbonyl (C=O) groups is 1. The quantitative estimate of drug-likeness (QED) is 0.355. The van der Waals surface area contributed by atoms with Crippen LogP contribution in [0.15, 0.2) is 24.4 Å². The van der Waals surface area contributed by atoms with Crippen molar-refractivity contribution in [3.8, 4) is 0 Å². The smallest absolute Gasteiger partial charge is 0.151 e. The molecule has 7 nitrogen and oxygen atoms in total. The van der Waals surface area contributed by atoms with Crippen LogP contribution in [-0.4, -0.2) is 59.1 Å². The zero-order valence-corrected chi connectivity index (χ0v) is 23.4. The standard InChI is InChI=1S/C31H44N4O3/c1-21(2)38-20-25-17-29(23-9-10-23)33-18-28(25)30(22(3)36)35-15-13-27(19-35)37-16-5-4-8-26-12-11-24-7-6-14-32-31(24)34-26/h11-12,17-18,21,23,27,30H,4-10,13-16,19-20H2,1-3H3,(H,32,34)/t27-,30-/m1/s1. The number of aromatic nitrogens is 2. The molecule has 1 N–H and O–H groups in total. The number of nitrogens with zero attached hydrogens (tertiary/aromatic N) is 3. The number of fused-ring (bicyclic) bond motifs is 1. The summed E-state index contributed by atoms with van der Waals surface area (Å²) in [5, 5.41) is 3.42. The number of hydrogen-bond donors (Lipinski definition) is 1. The third-order valence-corrected chi connectivity index (χ3v) is 7.97. The van der Waals surface area contributed by atoms with E-state index in [2.05, 4.69) is 28.4 Å². The highest BCUT2D eigenvalue weighted by Gasteiger charge is 2.34. The number of ether oxygens (including phenoxy) is 2. The summed E-state index contributed by atoms with van der Waals surface area (Å²) in [6.07, 6.45) is 11.0. The highest BCUT2D eigenvalue weighted by molar-refractivity contribution is 5.83. The molecule has 7 heteroatoms. The molecular weight excluding hydrogens is 476 g/mol. The Hall–Kier alpha value is -2.35. The van der Waals surface area contributed by atoms with Gasteiger partial charge in [0.15, 0.2) is 5.78 Å². The van der Waals surface area contributed by atoms with Gasteiger partial charge in [-0.05, 0) is 95.4 Å². The lowest BCUT2D eigenvalue weighted by Gasteiger charge is -2.28. The Bertz CT molecular complexity index is 1100. The van der Waals surface area contributed by atoms with Gasteiger partial charge >= 0.3 is 0 Å². The van der Waals surface area contributed by atoms with Gasteiger partial charge in [0, 0.05) is 55.3 Å². The van der Waals surface area contributed by atoms with Gasteiger partial charge in [-0.15, -0.1) is 0 Å². The first-order valence-electron chi connectivity index (χ1n) is 14.7. The molecule has 2 atom stereocenters. The minimum absolute atomic E-state index is 0.139. The van der Waals surface area contributed by atoms with E-state index in [4.69, 9.17) is 19.4 Å². The van der Waals surface area contributed by atoms with Crippen molar-refractivity contribution < 1.29 is 14.3 Å². The molecule has 1 saturated heterocycles. The van der Waals surface area contributed by atoms with Crippen molar-refractivity contribution in [1.82, 2.24) is 14.9 Å². The van der Waals surface area contributed by atoms with Crippen LogP contribution < -0.4 is 5.32 Å². The summed E-state index contributed by atoms with van der Waals surface area (Å²) >= 11 is 0. The predicted molar refractivity (Wildman–Crippen MR) is 149 cm³/mol. The van der Waals surface area contributed by atoms with Crippen LogP contribution in [-0.2, 0) is 33.7 Å². The maximum absolute atomic E-state index is 12.9. The van der Waals surface area contributed by atoms with Crippen LogP contribution in [0.2, 0.25) is 0 Å². The second-order valence-corrected chi connectivity index (χ2v) is 11.5. The first-order chi connectivity index (χ1) is 18.5. The number of unbranched alkanes of at least 4 members (excludes halogenated alkanes) is 1. The van der Waals surface area contributed by atoms with E-state index in [9.17, 15) is 4.79 Å². The molecule has 206 valence electrons. The molecule has 1 aliphatic carbocycles. The van der Waals surface area contributed by atoms with Gasteiger partial charge in [-0.3, -0.25) is 14.7 Å². The van der Waals surface area contributed by atoms with E-state index in [1.165, 1.54) is 24.8 Å². The summed E-state index contributed by atoms with van der Waals surface area (Å²) in [5.41, 5.74) is 5.74. The molecular formula is C31H44N4O3. The molecule has 0 unspecified atom stereocenters. The number of ketones is 1. The third-order valence-electron chi connectivity index (χ3n) is 7.97. The Balaban J connectivity index is 1.13. The molecule has 2 fully saturated rings. The van der Waals surface area contributed by atoms with E-state index in [1.807, 2.05) is 20.0 Å². The average Bonchev–Trinajstić information content (AvgIpc) is 3.66. The largest absolute Gasteiger partial charge is 0.377 e. The monoisotopic (exact) mass is 520 g/mol. The minimum atomic E-state index is -0.293. The molecule has 1 saturated carbocycles. The van der Waals surface area contributed by atoms with Gasteiger partial charge in [0.2, 0.25) is 0 Å². The Morgan fingerprint density at radius 1 is 1.21 bits per heavy atom. The van der Waals surface area contributed by atoms with Gasteiger partial charge < -0.3 is 14.8 Å². The Morgan fingerprint density at radius 2 is 2.08 bits per heavy atom.